The molecular weight excluding hydrogens is 250 g/mol. The molecule has 0 aromatic heterocycles. The Kier molecular flexibility index (Phi) is 5.72. The lowest BCUT2D eigenvalue weighted by Gasteiger charge is -2.09. The lowest BCUT2D eigenvalue weighted by Crippen LogP contribution is -2.17. The summed E-state index contributed by atoms with van der Waals surface area (Å²) in [5, 5.41) is 3.14. The Morgan fingerprint density at radius 3 is 2.50 bits per heavy atom. The van der Waals surface area contributed by atoms with Gasteiger partial charge in [-0.1, -0.05) is 29.3 Å². The smallest absolute Gasteiger partial charge is 0.411 e. The van der Waals surface area contributed by atoms with Crippen LogP contribution in [-0.2, 0) is 4.74 Å². The Hall–Kier alpha value is -1.48. The van der Waals surface area contributed by atoms with Gasteiger partial charge in [0.05, 0.1) is 6.10 Å². The highest BCUT2D eigenvalue weighted by Gasteiger charge is 2.04. The van der Waals surface area contributed by atoms with Gasteiger partial charge >= 0.3 is 6.09 Å². The van der Waals surface area contributed by atoms with Crippen LogP contribution in [0.4, 0.5) is 10.5 Å². The summed E-state index contributed by atoms with van der Waals surface area (Å²) in [7, 11) is 0. The maximum Gasteiger partial charge on any atom is 0.411 e. The number of halogens is 1. The van der Waals surface area contributed by atoms with Crippen molar-refractivity contribution in [3.63, 3.8) is 0 Å². The van der Waals surface area contributed by atoms with E-state index < -0.39 is 6.09 Å². The van der Waals surface area contributed by atoms with Crippen LogP contribution in [0.5, 0.6) is 0 Å². The van der Waals surface area contributed by atoms with Gasteiger partial charge in [-0.15, -0.1) is 0 Å². The van der Waals surface area contributed by atoms with Crippen LogP contribution >= 0.6 is 11.6 Å². The summed E-state index contributed by atoms with van der Waals surface area (Å²) in [5.41, 5.74) is 2.17. The summed E-state index contributed by atoms with van der Waals surface area (Å²) >= 11 is 5.74. The number of anilines is 1. The van der Waals surface area contributed by atoms with Crippen LogP contribution in [0.25, 0.3) is 0 Å². The average molecular weight is 268 g/mol. The second kappa shape index (κ2) is 7.07. The Morgan fingerprint density at radius 1 is 1.44 bits per heavy atom. The van der Waals surface area contributed by atoms with Crippen LogP contribution < -0.4 is 5.32 Å². The van der Waals surface area contributed by atoms with E-state index in [2.05, 4.69) is 18.3 Å². The van der Waals surface area contributed by atoms with Crippen LogP contribution in [0.1, 0.15) is 27.2 Å². The van der Waals surface area contributed by atoms with Crippen LogP contribution in [-0.4, -0.2) is 12.2 Å². The molecule has 1 N–H and O–H groups in total. The molecule has 1 amide bonds. The van der Waals surface area contributed by atoms with Crippen molar-refractivity contribution in [2.75, 3.05) is 5.32 Å². The quantitative estimate of drug-likeness (QED) is 0.793. The van der Waals surface area contributed by atoms with Crippen molar-refractivity contribution in [2.24, 2.45) is 0 Å². The Morgan fingerprint density at radius 2 is 2.06 bits per heavy atom. The van der Waals surface area contributed by atoms with Crippen LogP contribution in [0.3, 0.4) is 0 Å². The maximum atomic E-state index is 11.2. The predicted molar refractivity (Wildman–Crippen MR) is 75.1 cm³/mol. The molecule has 0 unspecified atom stereocenters. The van der Waals surface area contributed by atoms with Crippen molar-refractivity contribution in [3.8, 4) is 0 Å². The SMILES string of the molecule is CC(C)OC(=O)Nc1cccc(Cl)c1.CC1=CC1. The first-order chi connectivity index (χ1) is 8.47. The number of ether oxygens (including phenoxy) is 1. The highest BCUT2D eigenvalue weighted by atomic mass is 35.5. The first-order valence-corrected chi connectivity index (χ1v) is 6.24. The van der Waals surface area contributed by atoms with E-state index in [0.717, 1.165) is 0 Å². The summed E-state index contributed by atoms with van der Waals surface area (Å²) in [6.07, 6.45) is 2.89. The molecule has 1 aromatic carbocycles. The fourth-order valence-corrected chi connectivity index (χ4v) is 1.22. The Balaban J connectivity index is 0.000000341. The highest BCUT2D eigenvalue weighted by molar-refractivity contribution is 6.30. The number of hydrogen-bond donors (Lipinski definition) is 1. The van der Waals surface area contributed by atoms with Gasteiger partial charge < -0.3 is 4.74 Å². The topological polar surface area (TPSA) is 38.3 Å². The Bertz CT molecular complexity index is 441. The molecule has 1 aliphatic rings. The molecular formula is C14H18ClNO2. The molecule has 0 aliphatic heterocycles. The third kappa shape index (κ3) is 6.97. The fraction of sp³-hybridized carbons (Fsp3) is 0.357. The van der Waals surface area contributed by atoms with Gasteiger partial charge in [-0.25, -0.2) is 4.79 Å². The van der Waals surface area contributed by atoms with E-state index >= 15 is 0 Å². The van der Waals surface area contributed by atoms with E-state index in [9.17, 15) is 4.79 Å². The number of carbonyl (C=O) groups excluding carboxylic acids is 1. The summed E-state index contributed by atoms with van der Waals surface area (Å²) in [4.78, 5) is 11.2. The third-order valence-corrected chi connectivity index (χ3v) is 2.26. The molecule has 0 saturated heterocycles. The molecule has 1 aliphatic carbocycles. The van der Waals surface area contributed by atoms with E-state index in [4.69, 9.17) is 16.3 Å². The number of benzene rings is 1. The monoisotopic (exact) mass is 267 g/mol. The molecule has 0 bridgehead atoms. The van der Waals surface area contributed by atoms with E-state index in [0.29, 0.717) is 10.7 Å². The third-order valence-electron chi connectivity index (χ3n) is 2.03. The molecule has 3 nitrogen and oxygen atoms in total. The van der Waals surface area contributed by atoms with E-state index in [-0.39, 0.29) is 6.10 Å². The average Bonchev–Trinajstić information content (AvgIpc) is 3.00. The second-order valence-electron chi connectivity index (χ2n) is 4.34. The normalized spacial score (nSPS) is 12.2. The summed E-state index contributed by atoms with van der Waals surface area (Å²) in [5.74, 6) is 0. The fourth-order valence-electron chi connectivity index (χ4n) is 1.03. The predicted octanol–water partition coefficient (Wildman–Crippen LogP) is 4.63. The van der Waals surface area contributed by atoms with Crippen molar-refractivity contribution in [2.45, 2.75) is 33.3 Å². The van der Waals surface area contributed by atoms with Gasteiger partial charge in [-0.3, -0.25) is 5.32 Å². The highest BCUT2D eigenvalue weighted by Crippen LogP contribution is 2.15. The molecule has 2 rings (SSSR count). The first kappa shape index (κ1) is 14.6. The summed E-state index contributed by atoms with van der Waals surface area (Å²) < 4.78 is 4.90. The number of nitrogens with one attached hydrogen (secondary N) is 1. The molecule has 0 saturated carbocycles. The second-order valence-corrected chi connectivity index (χ2v) is 4.78. The van der Waals surface area contributed by atoms with Crippen molar-refractivity contribution in [1.29, 1.82) is 0 Å². The summed E-state index contributed by atoms with van der Waals surface area (Å²) in [6, 6.07) is 6.89. The Labute approximate surface area is 113 Å². The van der Waals surface area contributed by atoms with Gasteiger partial charge in [0.15, 0.2) is 0 Å². The van der Waals surface area contributed by atoms with Gasteiger partial charge in [-0.2, -0.15) is 0 Å². The van der Waals surface area contributed by atoms with Crippen molar-refractivity contribution < 1.29 is 9.53 Å². The zero-order valence-corrected chi connectivity index (χ0v) is 11.6. The van der Waals surface area contributed by atoms with Gasteiger partial charge in [0.25, 0.3) is 0 Å². The van der Waals surface area contributed by atoms with E-state index in [1.54, 1.807) is 43.7 Å². The molecule has 0 atom stereocenters. The zero-order valence-electron chi connectivity index (χ0n) is 10.9. The van der Waals surface area contributed by atoms with E-state index in [1.165, 1.54) is 6.42 Å². The maximum absolute atomic E-state index is 11.2. The molecule has 1 aromatic rings. The standard InChI is InChI=1S/C10H12ClNO2.C4H6/c1-7(2)14-10(13)12-9-5-3-4-8(11)6-9;1-4-2-3-4/h3-7H,1-2H3,(H,12,13);2H,3H2,1H3. The number of rotatable bonds is 2. The van der Waals surface area contributed by atoms with Gasteiger partial charge in [0, 0.05) is 10.7 Å². The molecule has 0 heterocycles. The molecule has 18 heavy (non-hydrogen) atoms. The molecule has 98 valence electrons. The van der Waals surface area contributed by atoms with Crippen molar-refractivity contribution in [1.82, 2.24) is 0 Å². The minimum atomic E-state index is -0.470. The molecule has 4 heteroatoms. The van der Waals surface area contributed by atoms with Crippen LogP contribution in [0, 0.1) is 0 Å². The number of carbonyl (C=O) groups is 1. The first-order valence-electron chi connectivity index (χ1n) is 5.86. The van der Waals surface area contributed by atoms with Gasteiger partial charge in [0.2, 0.25) is 0 Å². The molecule has 0 fully saturated rings. The summed E-state index contributed by atoms with van der Waals surface area (Å²) in [6.45, 7) is 5.72. The number of hydrogen-bond acceptors (Lipinski definition) is 2. The van der Waals surface area contributed by atoms with Crippen LogP contribution in [0.2, 0.25) is 5.02 Å². The molecule has 0 spiro atoms. The zero-order chi connectivity index (χ0) is 13.5. The van der Waals surface area contributed by atoms with Crippen LogP contribution in [0.15, 0.2) is 35.9 Å². The van der Waals surface area contributed by atoms with Gasteiger partial charge in [0.1, 0.15) is 0 Å². The van der Waals surface area contributed by atoms with Crippen molar-refractivity contribution >= 4 is 23.4 Å². The van der Waals surface area contributed by atoms with Gasteiger partial charge in [-0.05, 0) is 45.4 Å². The number of amides is 1. The lowest BCUT2D eigenvalue weighted by atomic mass is 10.3. The minimum Gasteiger partial charge on any atom is -0.447 e. The number of allylic oxidation sites excluding steroid dienone is 2. The lowest BCUT2D eigenvalue weighted by molar-refractivity contribution is 0.130. The van der Waals surface area contributed by atoms with E-state index in [1.807, 2.05) is 0 Å². The minimum absolute atomic E-state index is 0.130. The molecule has 0 radical (unpaired) electrons. The van der Waals surface area contributed by atoms with Crippen molar-refractivity contribution in [3.05, 3.63) is 40.9 Å². The largest absolute Gasteiger partial charge is 0.447 e.